The van der Waals surface area contributed by atoms with Gasteiger partial charge in [0.2, 0.25) is 0 Å². The molecular weight excluding hydrogens is 328 g/mol. The van der Waals surface area contributed by atoms with Gasteiger partial charge < -0.3 is 5.11 Å². The monoisotopic (exact) mass is 348 g/mol. The van der Waals surface area contributed by atoms with Crippen molar-refractivity contribution < 1.29 is 5.11 Å². The minimum absolute atomic E-state index is 0.973. The number of rotatable bonds is 2. The van der Waals surface area contributed by atoms with Gasteiger partial charge in [0.15, 0.2) is 0 Å². The van der Waals surface area contributed by atoms with Crippen LogP contribution < -0.4 is 0 Å². The first kappa shape index (κ1) is 16.0. The fourth-order valence-electron chi connectivity index (χ4n) is 4.44. The number of benzene rings is 4. The van der Waals surface area contributed by atoms with Crippen molar-refractivity contribution in [3.8, 4) is 0 Å². The SMILES string of the molecule is CC1(O)C(c2ccccc2)=C(c2ccccc2)c2ccc3ccccc3c21. The first-order valence-electron chi connectivity index (χ1n) is 9.28. The quantitative estimate of drug-likeness (QED) is 0.469. The van der Waals surface area contributed by atoms with Gasteiger partial charge in [-0.1, -0.05) is 97.1 Å². The highest BCUT2D eigenvalue weighted by Crippen LogP contribution is 2.53. The average molecular weight is 348 g/mol. The topological polar surface area (TPSA) is 20.2 Å². The molecule has 1 atom stereocenters. The molecule has 0 bridgehead atoms. The second-order valence-electron chi connectivity index (χ2n) is 7.26. The lowest BCUT2D eigenvalue weighted by molar-refractivity contribution is 0.127. The summed E-state index contributed by atoms with van der Waals surface area (Å²) in [6, 6.07) is 33.2. The third-order valence-corrected chi connectivity index (χ3v) is 5.55. The van der Waals surface area contributed by atoms with Crippen LogP contribution in [0.4, 0.5) is 0 Å². The lowest BCUT2D eigenvalue weighted by Crippen LogP contribution is -2.21. The fourth-order valence-corrected chi connectivity index (χ4v) is 4.44. The highest BCUT2D eigenvalue weighted by molar-refractivity contribution is 6.10. The lowest BCUT2D eigenvalue weighted by Gasteiger charge is -2.25. The van der Waals surface area contributed by atoms with Crippen molar-refractivity contribution in [2.24, 2.45) is 0 Å². The maximum Gasteiger partial charge on any atom is 0.114 e. The molecule has 0 saturated carbocycles. The molecule has 0 aromatic heterocycles. The van der Waals surface area contributed by atoms with Crippen molar-refractivity contribution in [3.05, 3.63) is 119 Å². The summed E-state index contributed by atoms with van der Waals surface area (Å²) in [6.45, 7) is 1.93. The molecule has 1 aliphatic rings. The molecule has 0 radical (unpaired) electrons. The van der Waals surface area contributed by atoms with Crippen LogP contribution in [0.3, 0.4) is 0 Å². The molecule has 1 unspecified atom stereocenters. The maximum absolute atomic E-state index is 11.8. The Labute approximate surface area is 159 Å². The highest BCUT2D eigenvalue weighted by Gasteiger charge is 2.42. The Morgan fingerprint density at radius 1 is 0.630 bits per heavy atom. The third-order valence-electron chi connectivity index (χ3n) is 5.55. The summed E-state index contributed by atoms with van der Waals surface area (Å²) in [4.78, 5) is 0. The van der Waals surface area contributed by atoms with E-state index in [-0.39, 0.29) is 0 Å². The van der Waals surface area contributed by atoms with Gasteiger partial charge in [0.1, 0.15) is 5.60 Å². The van der Waals surface area contributed by atoms with Crippen LogP contribution in [0.2, 0.25) is 0 Å². The molecule has 4 aromatic carbocycles. The van der Waals surface area contributed by atoms with Crippen LogP contribution >= 0.6 is 0 Å². The summed E-state index contributed by atoms with van der Waals surface area (Å²) in [5, 5.41) is 14.1. The van der Waals surface area contributed by atoms with E-state index in [1.165, 1.54) is 0 Å². The lowest BCUT2D eigenvalue weighted by atomic mass is 9.85. The average Bonchev–Trinajstić information content (AvgIpc) is 2.96. The standard InChI is InChI=1S/C26H20O/c1-26(27)24(20-13-6-3-7-14-20)23(19-11-4-2-5-12-19)22-17-16-18-10-8-9-15-21(18)25(22)26/h2-17,27H,1H3. The van der Waals surface area contributed by atoms with Gasteiger partial charge in [-0.3, -0.25) is 0 Å². The number of hydrogen-bond acceptors (Lipinski definition) is 1. The Bertz CT molecular complexity index is 1170. The second-order valence-corrected chi connectivity index (χ2v) is 7.26. The van der Waals surface area contributed by atoms with Crippen molar-refractivity contribution in [1.82, 2.24) is 0 Å². The first-order chi connectivity index (χ1) is 13.2. The van der Waals surface area contributed by atoms with E-state index in [0.717, 1.165) is 44.2 Å². The minimum Gasteiger partial charge on any atom is -0.381 e. The van der Waals surface area contributed by atoms with Crippen LogP contribution in [0, 0.1) is 0 Å². The molecule has 4 aromatic rings. The summed E-state index contributed by atoms with van der Waals surface area (Å²) in [5.41, 5.74) is 5.32. The molecule has 1 aliphatic carbocycles. The predicted octanol–water partition coefficient (Wildman–Crippen LogP) is 6.02. The molecule has 5 rings (SSSR count). The molecule has 0 aliphatic heterocycles. The van der Waals surface area contributed by atoms with Gasteiger partial charge >= 0.3 is 0 Å². The van der Waals surface area contributed by atoms with Crippen LogP contribution in [0.15, 0.2) is 97.1 Å². The summed E-state index contributed by atoms with van der Waals surface area (Å²) < 4.78 is 0. The molecule has 130 valence electrons. The Morgan fingerprint density at radius 2 is 1.22 bits per heavy atom. The first-order valence-corrected chi connectivity index (χ1v) is 9.28. The van der Waals surface area contributed by atoms with E-state index in [0.29, 0.717) is 0 Å². The zero-order chi connectivity index (χ0) is 18.4. The molecule has 1 nitrogen and oxygen atoms in total. The van der Waals surface area contributed by atoms with E-state index >= 15 is 0 Å². The Hall–Kier alpha value is -3.16. The van der Waals surface area contributed by atoms with E-state index in [9.17, 15) is 5.11 Å². The minimum atomic E-state index is -1.07. The van der Waals surface area contributed by atoms with Crippen LogP contribution in [0.25, 0.3) is 21.9 Å². The van der Waals surface area contributed by atoms with E-state index in [1.807, 2.05) is 43.3 Å². The Balaban J connectivity index is 1.92. The predicted molar refractivity (Wildman–Crippen MR) is 112 cm³/mol. The molecule has 0 spiro atoms. The Kier molecular flexibility index (Phi) is 3.53. The van der Waals surface area contributed by atoms with Crippen molar-refractivity contribution in [3.63, 3.8) is 0 Å². The van der Waals surface area contributed by atoms with E-state index in [1.54, 1.807) is 0 Å². The molecule has 1 heteroatoms. The van der Waals surface area contributed by atoms with Crippen molar-refractivity contribution in [2.45, 2.75) is 12.5 Å². The van der Waals surface area contributed by atoms with Crippen LogP contribution in [0.5, 0.6) is 0 Å². The van der Waals surface area contributed by atoms with Gasteiger partial charge in [-0.05, 0) is 40.0 Å². The van der Waals surface area contributed by atoms with Crippen LogP contribution in [-0.4, -0.2) is 5.11 Å². The molecule has 27 heavy (non-hydrogen) atoms. The highest BCUT2D eigenvalue weighted by atomic mass is 16.3. The third kappa shape index (κ3) is 2.36. The van der Waals surface area contributed by atoms with Gasteiger partial charge in [-0.15, -0.1) is 0 Å². The molecular formula is C26H20O. The molecule has 0 saturated heterocycles. The van der Waals surface area contributed by atoms with E-state index in [4.69, 9.17) is 0 Å². The summed E-state index contributed by atoms with van der Waals surface area (Å²) in [5.74, 6) is 0. The fraction of sp³-hybridized carbons (Fsp3) is 0.0769. The Morgan fingerprint density at radius 3 is 1.93 bits per heavy atom. The van der Waals surface area contributed by atoms with Gasteiger partial charge in [0.05, 0.1) is 0 Å². The zero-order valence-corrected chi connectivity index (χ0v) is 15.2. The van der Waals surface area contributed by atoms with Gasteiger partial charge in [-0.2, -0.15) is 0 Å². The largest absolute Gasteiger partial charge is 0.381 e. The summed E-state index contributed by atoms with van der Waals surface area (Å²) >= 11 is 0. The normalized spacial score (nSPS) is 18.7. The van der Waals surface area contributed by atoms with Crippen LogP contribution in [-0.2, 0) is 5.60 Å². The van der Waals surface area contributed by atoms with Crippen molar-refractivity contribution in [1.29, 1.82) is 0 Å². The molecule has 0 amide bonds. The number of fused-ring (bicyclic) bond motifs is 3. The second kappa shape index (κ2) is 5.94. The molecule has 0 fully saturated rings. The van der Waals surface area contributed by atoms with Crippen molar-refractivity contribution >= 4 is 21.9 Å². The van der Waals surface area contributed by atoms with Gasteiger partial charge in [-0.25, -0.2) is 0 Å². The molecule has 0 heterocycles. The summed E-state index contributed by atoms with van der Waals surface area (Å²) in [7, 11) is 0. The number of aliphatic hydroxyl groups is 1. The van der Waals surface area contributed by atoms with E-state index < -0.39 is 5.60 Å². The molecule has 1 N–H and O–H groups in total. The zero-order valence-electron chi connectivity index (χ0n) is 15.2. The van der Waals surface area contributed by atoms with Gasteiger partial charge in [0.25, 0.3) is 0 Å². The summed E-state index contributed by atoms with van der Waals surface area (Å²) in [6.07, 6.45) is 0. The van der Waals surface area contributed by atoms with Crippen LogP contribution in [0.1, 0.15) is 29.2 Å². The van der Waals surface area contributed by atoms with Gasteiger partial charge in [0, 0.05) is 11.1 Å². The maximum atomic E-state index is 11.8. The van der Waals surface area contributed by atoms with Crippen molar-refractivity contribution in [2.75, 3.05) is 0 Å². The van der Waals surface area contributed by atoms with E-state index in [2.05, 4.69) is 60.7 Å². The smallest absolute Gasteiger partial charge is 0.114 e. The number of hydrogen-bond donors (Lipinski definition) is 1.